The molecule has 0 spiro atoms. The molecule has 0 N–H and O–H groups in total. The quantitative estimate of drug-likeness (QED) is 0.784. The maximum absolute atomic E-state index is 13.3. The Balaban J connectivity index is 1.41. The molecule has 0 aliphatic carbocycles. The van der Waals surface area contributed by atoms with Crippen LogP contribution in [0.25, 0.3) is 0 Å². The number of amides is 3. The molecular formula is C23H23N3O4. The van der Waals surface area contributed by atoms with E-state index in [4.69, 9.17) is 4.74 Å². The highest BCUT2D eigenvalue weighted by atomic mass is 16.5. The molecule has 3 aliphatic heterocycles. The molecule has 7 heteroatoms. The molecule has 7 nitrogen and oxygen atoms in total. The molecule has 2 aromatic rings. The minimum atomic E-state index is -0.463. The lowest BCUT2D eigenvalue weighted by atomic mass is 10.0. The number of hydrogen-bond acceptors (Lipinski definition) is 4. The van der Waals surface area contributed by atoms with E-state index in [1.165, 1.54) is 0 Å². The predicted molar refractivity (Wildman–Crippen MR) is 110 cm³/mol. The second-order valence-electron chi connectivity index (χ2n) is 7.75. The Morgan fingerprint density at radius 2 is 1.63 bits per heavy atom. The van der Waals surface area contributed by atoms with Crippen LogP contribution in [-0.2, 0) is 9.53 Å². The number of fused-ring (bicyclic) bond motifs is 5. The summed E-state index contributed by atoms with van der Waals surface area (Å²) < 4.78 is 5.30. The van der Waals surface area contributed by atoms with Gasteiger partial charge in [-0.3, -0.25) is 19.3 Å². The van der Waals surface area contributed by atoms with E-state index < -0.39 is 6.17 Å². The lowest BCUT2D eigenvalue weighted by molar-refractivity contribution is -0.135. The van der Waals surface area contributed by atoms with Gasteiger partial charge in [-0.05, 0) is 24.6 Å². The lowest BCUT2D eigenvalue weighted by Crippen LogP contribution is -2.48. The summed E-state index contributed by atoms with van der Waals surface area (Å²) in [6.07, 6.45) is 0.452. The van der Waals surface area contributed by atoms with Crippen molar-refractivity contribution in [3.63, 3.8) is 0 Å². The first-order valence-corrected chi connectivity index (χ1v) is 10.3. The fourth-order valence-electron chi connectivity index (χ4n) is 4.57. The van der Waals surface area contributed by atoms with Crippen molar-refractivity contribution in [3.05, 3.63) is 65.2 Å². The summed E-state index contributed by atoms with van der Waals surface area (Å²) in [5.74, 6) is -0.108. The maximum Gasteiger partial charge on any atom is 0.260 e. The minimum Gasteiger partial charge on any atom is -0.378 e. The third kappa shape index (κ3) is 2.97. The monoisotopic (exact) mass is 405 g/mol. The average molecular weight is 405 g/mol. The number of hydrogen-bond donors (Lipinski definition) is 0. The molecule has 1 fully saturated rings. The molecular weight excluding hydrogens is 382 g/mol. The SMILES string of the molecule is O=C(CCCN1C(=O)c2ccccc2N2C(=O)c3ccccc3C12)N1CCOCC1. The Kier molecular flexibility index (Phi) is 4.75. The predicted octanol–water partition coefficient (Wildman–Crippen LogP) is 2.44. The first-order chi connectivity index (χ1) is 14.7. The molecule has 3 amide bonds. The van der Waals surface area contributed by atoms with E-state index in [1.54, 1.807) is 15.9 Å². The van der Waals surface area contributed by atoms with Crippen LogP contribution >= 0.6 is 0 Å². The number of ether oxygens (including phenoxy) is 1. The number of rotatable bonds is 4. The zero-order chi connectivity index (χ0) is 20.7. The van der Waals surface area contributed by atoms with Gasteiger partial charge in [0.15, 0.2) is 0 Å². The number of benzene rings is 2. The van der Waals surface area contributed by atoms with Crippen molar-refractivity contribution in [1.29, 1.82) is 0 Å². The van der Waals surface area contributed by atoms with Gasteiger partial charge in [0.25, 0.3) is 11.8 Å². The van der Waals surface area contributed by atoms with Gasteiger partial charge in [-0.1, -0.05) is 30.3 Å². The van der Waals surface area contributed by atoms with E-state index in [0.717, 1.165) is 5.56 Å². The number of nitrogens with zero attached hydrogens (tertiary/aromatic N) is 3. The van der Waals surface area contributed by atoms with Gasteiger partial charge in [-0.25, -0.2) is 0 Å². The molecule has 0 bridgehead atoms. The van der Waals surface area contributed by atoms with Gasteiger partial charge in [0.1, 0.15) is 6.17 Å². The van der Waals surface area contributed by atoms with Crippen LogP contribution in [0.2, 0.25) is 0 Å². The van der Waals surface area contributed by atoms with Crippen molar-refractivity contribution in [1.82, 2.24) is 9.80 Å². The highest BCUT2D eigenvalue weighted by molar-refractivity contribution is 6.16. The molecule has 0 radical (unpaired) electrons. The normalized spacial score (nSPS) is 20.1. The largest absolute Gasteiger partial charge is 0.378 e. The number of morpholine rings is 1. The zero-order valence-corrected chi connectivity index (χ0v) is 16.6. The Morgan fingerprint density at radius 3 is 2.43 bits per heavy atom. The Hall–Kier alpha value is -3.19. The topological polar surface area (TPSA) is 70.2 Å². The van der Waals surface area contributed by atoms with Crippen molar-refractivity contribution < 1.29 is 19.1 Å². The summed E-state index contributed by atoms with van der Waals surface area (Å²) in [6, 6.07) is 14.7. The summed E-state index contributed by atoms with van der Waals surface area (Å²) in [5.41, 5.74) is 2.63. The highest BCUT2D eigenvalue weighted by Gasteiger charge is 2.47. The van der Waals surface area contributed by atoms with Gasteiger partial charge >= 0.3 is 0 Å². The number of anilines is 1. The third-order valence-corrected chi connectivity index (χ3v) is 6.04. The maximum atomic E-state index is 13.3. The summed E-state index contributed by atoms with van der Waals surface area (Å²) in [7, 11) is 0. The van der Waals surface area contributed by atoms with E-state index in [1.807, 2.05) is 47.4 Å². The Morgan fingerprint density at radius 1 is 0.933 bits per heavy atom. The minimum absolute atomic E-state index is 0.0860. The highest BCUT2D eigenvalue weighted by Crippen LogP contribution is 2.45. The molecule has 1 atom stereocenters. The first kappa shape index (κ1) is 18.8. The van der Waals surface area contributed by atoms with Crippen molar-refractivity contribution in [3.8, 4) is 0 Å². The van der Waals surface area contributed by atoms with Crippen LogP contribution in [0.5, 0.6) is 0 Å². The van der Waals surface area contributed by atoms with E-state index >= 15 is 0 Å². The molecule has 0 saturated carbocycles. The average Bonchev–Trinajstić information content (AvgIpc) is 3.09. The summed E-state index contributed by atoms with van der Waals surface area (Å²) in [6.45, 7) is 2.79. The molecule has 0 aromatic heterocycles. The van der Waals surface area contributed by atoms with Crippen molar-refractivity contribution in [2.45, 2.75) is 19.0 Å². The van der Waals surface area contributed by atoms with Crippen LogP contribution < -0.4 is 4.90 Å². The number of carbonyl (C=O) groups excluding carboxylic acids is 3. The molecule has 2 aromatic carbocycles. The van der Waals surface area contributed by atoms with Gasteiger partial charge in [0, 0.05) is 37.2 Å². The van der Waals surface area contributed by atoms with Crippen LogP contribution in [0.3, 0.4) is 0 Å². The molecule has 5 rings (SSSR count). The third-order valence-electron chi connectivity index (χ3n) is 6.04. The van der Waals surface area contributed by atoms with Gasteiger partial charge in [-0.15, -0.1) is 0 Å². The van der Waals surface area contributed by atoms with Crippen LogP contribution in [0.4, 0.5) is 5.69 Å². The van der Waals surface area contributed by atoms with Crippen molar-refractivity contribution >= 4 is 23.4 Å². The van der Waals surface area contributed by atoms with E-state index in [-0.39, 0.29) is 17.7 Å². The Bertz CT molecular complexity index is 1020. The second-order valence-corrected chi connectivity index (χ2v) is 7.75. The second kappa shape index (κ2) is 7.57. The van der Waals surface area contributed by atoms with Gasteiger partial charge in [-0.2, -0.15) is 0 Å². The van der Waals surface area contributed by atoms with Crippen molar-refractivity contribution in [2.24, 2.45) is 0 Å². The fourth-order valence-corrected chi connectivity index (χ4v) is 4.57. The van der Waals surface area contributed by atoms with Crippen LogP contribution in [0.1, 0.15) is 45.3 Å². The molecule has 30 heavy (non-hydrogen) atoms. The van der Waals surface area contributed by atoms with E-state index in [9.17, 15) is 14.4 Å². The lowest BCUT2D eigenvalue weighted by Gasteiger charge is -2.41. The zero-order valence-electron chi connectivity index (χ0n) is 16.6. The van der Waals surface area contributed by atoms with E-state index in [0.29, 0.717) is 62.5 Å². The summed E-state index contributed by atoms with van der Waals surface area (Å²) in [4.78, 5) is 44.2. The van der Waals surface area contributed by atoms with Crippen LogP contribution in [0, 0.1) is 0 Å². The molecule has 1 unspecified atom stereocenters. The van der Waals surface area contributed by atoms with Gasteiger partial charge in [0.2, 0.25) is 5.91 Å². The van der Waals surface area contributed by atoms with Gasteiger partial charge < -0.3 is 14.5 Å². The Labute approximate surface area is 174 Å². The standard InChI is InChI=1S/C23H23N3O4/c27-20(24-12-14-30-15-13-24)10-5-11-25-21-16-6-1-2-7-17(16)23(29)26(21)19-9-4-3-8-18(19)22(25)28/h1-4,6-9,21H,5,10-15H2. The summed E-state index contributed by atoms with van der Waals surface area (Å²) in [5, 5.41) is 0. The van der Waals surface area contributed by atoms with E-state index in [2.05, 4.69) is 0 Å². The van der Waals surface area contributed by atoms with Crippen LogP contribution in [-0.4, -0.2) is 60.4 Å². The van der Waals surface area contributed by atoms with Gasteiger partial charge in [0.05, 0.1) is 24.5 Å². The van der Waals surface area contributed by atoms with Crippen LogP contribution in [0.15, 0.2) is 48.5 Å². The fraction of sp³-hybridized carbons (Fsp3) is 0.348. The smallest absolute Gasteiger partial charge is 0.260 e. The number of carbonyl (C=O) groups is 3. The molecule has 1 saturated heterocycles. The molecule has 3 aliphatic rings. The first-order valence-electron chi connectivity index (χ1n) is 10.3. The molecule has 3 heterocycles. The summed E-state index contributed by atoms with van der Waals surface area (Å²) >= 11 is 0. The molecule has 154 valence electrons. The number of para-hydroxylation sites is 1. The van der Waals surface area contributed by atoms with Crippen molar-refractivity contribution in [2.75, 3.05) is 37.7 Å².